The fourth-order valence-electron chi connectivity index (χ4n) is 4.28. The summed E-state index contributed by atoms with van der Waals surface area (Å²) in [6.07, 6.45) is 1.92. The normalized spacial score (nSPS) is 21.2. The van der Waals surface area contributed by atoms with Crippen LogP contribution in [0.4, 0.5) is 0 Å². The van der Waals surface area contributed by atoms with Crippen LogP contribution >= 0.6 is 11.6 Å². The molecule has 1 saturated heterocycles. The number of likely N-dealkylation sites (tertiary alicyclic amines) is 1. The van der Waals surface area contributed by atoms with E-state index in [4.69, 9.17) is 22.1 Å². The number of primary amides is 1. The van der Waals surface area contributed by atoms with Crippen molar-refractivity contribution >= 4 is 27.3 Å². The van der Waals surface area contributed by atoms with Crippen LogP contribution in [0.3, 0.4) is 0 Å². The molecule has 2 heterocycles. The van der Waals surface area contributed by atoms with Gasteiger partial charge < -0.3 is 10.5 Å². The number of carbonyl (C=O) groups excluding carboxylic acids is 1. The minimum Gasteiger partial charge on any atom is -0.367 e. The zero-order chi connectivity index (χ0) is 20.8. The van der Waals surface area contributed by atoms with Gasteiger partial charge in [0.15, 0.2) is 15.9 Å². The molecule has 1 unspecified atom stereocenters. The van der Waals surface area contributed by atoms with Gasteiger partial charge in [0.05, 0.1) is 10.5 Å². The van der Waals surface area contributed by atoms with Gasteiger partial charge >= 0.3 is 0 Å². The first kappa shape index (κ1) is 20.3. The highest BCUT2D eigenvalue weighted by molar-refractivity contribution is 7.90. The van der Waals surface area contributed by atoms with Crippen molar-refractivity contribution in [1.29, 1.82) is 0 Å². The first-order chi connectivity index (χ1) is 13.7. The Bertz CT molecular complexity index is 1040. The lowest BCUT2D eigenvalue weighted by Gasteiger charge is -2.39. The topological polar surface area (TPSA) is 89.7 Å². The molecule has 4 rings (SSSR count). The van der Waals surface area contributed by atoms with Crippen LogP contribution in [-0.2, 0) is 31.5 Å². The number of rotatable bonds is 4. The number of halogens is 1. The summed E-state index contributed by atoms with van der Waals surface area (Å²) in [6, 6.07) is 12.5. The average Bonchev–Trinajstić information content (AvgIpc) is 2.97. The van der Waals surface area contributed by atoms with Gasteiger partial charge in [-0.2, -0.15) is 0 Å². The van der Waals surface area contributed by atoms with Gasteiger partial charge in [0.1, 0.15) is 0 Å². The lowest BCUT2D eigenvalue weighted by atomic mass is 9.83. The Morgan fingerprint density at radius 2 is 1.86 bits per heavy atom. The number of sulfone groups is 1. The Morgan fingerprint density at radius 1 is 1.21 bits per heavy atom. The molecule has 0 radical (unpaired) electrons. The van der Waals surface area contributed by atoms with Crippen molar-refractivity contribution in [2.45, 2.75) is 36.0 Å². The number of amides is 1. The summed E-state index contributed by atoms with van der Waals surface area (Å²) < 4.78 is 29.4. The number of hydrogen-bond acceptors (Lipinski definition) is 5. The third-order valence-electron chi connectivity index (χ3n) is 5.81. The SMILES string of the molecule is CS(=O)(=O)c1ccc(CN2CCC3(CC2)OC(C(N)=O)c2ccc(Cl)cc23)cc1. The van der Waals surface area contributed by atoms with Crippen molar-refractivity contribution in [2.75, 3.05) is 19.3 Å². The number of carbonyl (C=O) groups is 1. The fraction of sp³-hybridized carbons (Fsp3) is 0.381. The fourth-order valence-corrected chi connectivity index (χ4v) is 5.08. The molecule has 1 atom stereocenters. The van der Waals surface area contributed by atoms with Gasteiger partial charge in [-0.15, -0.1) is 0 Å². The van der Waals surface area contributed by atoms with Crippen LogP contribution < -0.4 is 5.73 Å². The summed E-state index contributed by atoms with van der Waals surface area (Å²) in [7, 11) is -3.19. The van der Waals surface area contributed by atoms with E-state index >= 15 is 0 Å². The van der Waals surface area contributed by atoms with Gasteiger partial charge in [0.2, 0.25) is 0 Å². The van der Waals surface area contributed by atoms with Crippen molar-refractivity contribution in [3.63, 3.8) is 0 Å². The molecule has 2 aliphatic heterocycles. The highest BCUT2D eigenvalue weighted by Gasteiger charge is 2.48. The minimum absolute atomic E-state index is 0.323. The molecule has 2 aromatic carbocycles. The largest absolute Gasteiger partial charge is 0.367 e. The van der Waals surface area contributed by atoms with Crippen LogP contribution in [0.5, 0.6) is 0 Å². The maximum absolute atomic E-state index is 11.9. The van der Waals surface area contributed by atoms with Crippen LogP contribution in [0, 0.1) is 0 Å². The third-order valence-corrected chi connectivity index (χ3v) is 7.18. The number of piperidine rings is 1. The van der Waals surface area contributed by atoms with Gasteiger partial charge in [-0.05, 0) is 53.8 Å². The number of nitrogens with zero attached hydrogens (tertiary/aromatic N) is 1. The zero-order valence-electron chi connectivity index (χ0n) is 16.1. The molecular formula is C21H23ClN2O4S. The molecule has 2 aromatic rings. The number of fused-ring (bicyclic) bond motifs is 2. The van der Waals surface area contributed by atoms with E-state index in [-0.39, 0.29) is 0 Å². The summed E-state index contributed by atoms with van der Waals surface area (Å²) in [5, 5.41) is 0.616. The van der Waals surface area contributed by atoms with Gasteiger partial charge in [0, 0.05) is 30.9 Å². The maximum Gasteiger partial charge on any atom is 0.251 e. The van der Waals surface area contributed by atoms with Gasteiger partial charge in [0.25, 0.3) is 5.91 Å². The molecule has 2 aliphatic rings. The molecule has 2 N–H and O–H groups in total. The van der Waals surface area contributed by atoms with E-state index in [2.05, 4.69) is 4.90 Å². The second-order valence-electron chi connectivity index (χ2n) is 7.82. The molecule has 0 aromatic heterocycles. The number of benzene rings is 2. The number of ether oxygens (including phenoxy) is 1. The van der Waals surface area contributed by atoms with Crippen molar-refractivity contribution in [2.24, 2.45) is 5.73 Å². The molecule has 29 heavy (non-hydrogen) atoms. The summed E-state index contributed by atoms with van der Waals surface area (Å²) in [4.78, 5) is 14.5. The van der Waals surface area contributed by atoms with Crippen LogP contribution in [0.1, 0.15) is 35.6 Å². The third kappa shape index (κ3) is 3.92. The van der Waals surface area contributed by atoms with E-state index in [0.717, 1.165) is 49.2 Å². The zero-order valence-corrected chi connectivity index (χ0v) is 17.7. The molecule has 0 bridgehead atoms. The van der Waals surface area contributed by atoms with Crippen molar-refractivity contribution in [3.8, 4) is 0 Å². The first-order valence-corrected chi connectivity index (χ1v) is 11.7. The van der Waals surface area contributed by atoms with E-state index < -0.39 is 27.4 Å². The highest BCUT2D eigenvalue weighted by Crippen LogP contribution is 2.50. The molecule has 0 saturated carbocycles. The molecule has 1 spiro atoms. The lowest BCUT2D eigenvalue weighted by Crippen LogP contribution is -2.42. The number of hydrogen-bond donors (Lipinski definition) is 1. The second kappa shape index (κ2) is 7.40. The van der Waals surface area contributed by atoms with Crippen LogP contribution in [0.2, 0.25) is 5.02 Å². The van der Waals surface area contributed by atoms with Crippen molar-refractivity contribution < 1.29 is 17.9 Å². The molecule has 1 amide bonds. The standard InChI is InChI=1S/C21H23ClN2O4S/c1-29(26,27)16-5-2-14(3-6-16)13-24-10-8-21(9-11-24)18-12-15(22)4-7-17(18)19(28-21)20(23)25/h2-7,12,19H,8-11,13H2,1H3,(H2,23,25). The Morgan fingerprint density at radius 3 is 2.45 bits per heavy atom. The average molecular weight is 435 g/mol. The predicted octanol–water partition coefficient (Wildman–Crippen LogP) is 2.79. The summed E-state index contributed by atoms with van der Waals surface area (Å²) in [5.74, 6) is -0.487. The van der Waals surface area contributed by atoms with Crippen LogP contribution in [0.15, 0.2) is 47.4 Å². The Kier molecular flexibility index (Phi) is 5.19. The quantitative estimate of drug-likeness (QED) is 0.799. The monoisotopic (exact) mass is 434 g/mol. The van der Waals surface area contributed by atoms with E-state index in [9.17, 15) is 13.2 Å². The minimum atomic E-state index is -3.19. The second-order valence-corrected chi connectivity index (χ2v) is 10.3. The van der Waals surface area contributed by atoms with Gasteiger partial charge in [-0.25, -0.2) is 8.42 Å². The van der Waals surface area contributed by atoms with Crippen molar-refractivity contribution in [3.05, 3.63) is 64.2 Å². The summed E-state index contributed by atoms with van der Waals surface area (Å²) >= 11 is 6.21. The molecule has 6 nitrogen and oxygen atoms in total. The van der Waals surface area contributed by atoms with E-state index in [1.807, 2.05) is 24.3 Å². The molecule has 154 valence electrons. The highest BCUT2D eigenvalue weighted by atomic mass is 35.5. The Balaban J connectivity index is 1.48. The smallest absolute Gasteiger partial charge is 0.251 e. The van der Waals surface area contributed by atoms with Crippen LogP contribution in [0.25, 0.3) is 0 Å². The molecule has 1 fully saturated rings. The molecule has 8 heteroatoms. The van der Waals surface area contributed by atoms with Gasteiger partial charge in [-0.3, -0.25) is 9.69 Å². The molecule has 0 aliphatic carbocycles. The number of nitrogens with two attached hydrogens (primary N) is 1. The van der Waals surface area contributed by atoms with Crippen LogP contribution in [-0.4, -0.2) is 38.6 Å². The lowest BCUT2D eigenvalue weighted by molar-refractivity contribution is -0.148. The maximum atomic E-state index is 11.9. The Hall–Kier alpha value is -1.93. The summed E-state index contributed by atoms with van der Waals surface area (Å²) in [6.45, 7) is 2.29. The van der Waals surface area contributed by atoms with Gasteiger partial charge in [-0.1, -0.05) is 29.8 Å². The predicted molar refractivity (Wildman–Crippen MR) is 110 cm³/mol. The van der Waals surface area contributed by atoms with E-state index in [0.29, 0.717) is 9.92 Å². The first-order valence-electron chi connectivity index (χ1n) is 9.46. The molecular weight excluding hydrogens is 412 g/mol. The van der Waals surface area contributed by atoms with Crippen molar-refractivity contribution in [1.82, 2.24) is 4.90 Å². The Labute approximate surface area is 175 Å². The van der Waals surface area contributed by atoms with E-state index in [1.165, 1.54) is 6.26 Å². The van der Waals surface area contributed by atoms with E-state index in [1.54, 1.807) is 18.2 Å². The summed E-state index contributed by atoms with van der Waals surface area (Å²) in [5.41, 5.74) is 7.85.